The summed E-state index contributed by atoms with van der Waals surface area (Å²) in [7, 11) is 0. The van der Waals surface area contributed by atoms with Crippen LogP contribution in [0, 0.1) is 5.41 Å². The third-order valence-corrected chi connectivity index (χ3v) is 16.9. The fourth-order valence-corrected chi connectivity index (χ4v) is 12.1. The summed E-state index contributed by atoms with van der Waals surface area (Å²) in [6.45, 7) is -1.89. The lowest BCUT2D eigenvalue weighted by Gasteiger charge is -2.51. The number of para-hydroxylation sites is 1. The second-order valence-corrected chi connectivity index (χ2v) is 24.9. The molecule has 1 aliphatic carbocycles. The van der Waals surface area contributed by atoms with Crippen LogP contribution in [-0.4, -0.2) is 126 Å². The first-order valence-corrected chi connectivity index (χ1v) is 31.7. The summed E-state index contributed by atoms with van der Waals surface area (Å²) in [5, 5.41) is 8.94. The molecule has 0 spiro atoms. The minimum atomic E-state index is -2.48. The Bertz CT molecular complexity index is 3790. The number of hydrogen-bond donors (Lipinski definition) is 1. The number of nitrogens with zero attached hydrogens (tertiary/aromatic N) is 1. The number of nitrogens with one attached hydrogen (secondary N) is 1. The molecule has 12 rings (SSSR count). The molecule has 484 valence electrons. The largest absolute Gasteiger partial charge is 0.508 e. The maximum absolute atomic E-state index is 15.0. The molecular weight excluding hydrogens is 1270 g/mol. The maximum atomic E-state index is 15.0. The lowest BCUT2D eigenvalue weighted by atomic mass is 9.93. The zero-order valence-corrected chi connectivity index (χ0v) is 52.8. The molecule has 0 saturated carbocycles. The Morgan fingerprint density at radius 2 is 0.894 bits per heavy atom. The minimum absolute atomic E-state index is 0.0435. The summed E-state index contributed by atoms with van der Waals surface area (Å²) in [4.78, 5) is 59.8. The molecule has 94 heavy (non-hydrogen) atoms. The zero-order valence-electron chi connectivity index (χ0n) is 50.5. The third kappa shape index (κ3) is 15.7. The Morgan fingerprint density at radius 1 is 0.457 bits per heavy atom. The Balaban J connectivity index is 0.959. The van der Waals surface area contributed by atoms with Crippen LogP contribution in [0.3, 0.4) is 0 Å². The van der Waals surface area contributed by atoms with Gasteiger partial charge in [0.05, 0.1) is 44.2 Å². The number of carbonyl (C=O) groups excluding carboxylic acids is 4. The van der Waals surface area contributed by atoms with Gasteiger partial charge in [-0.15, -0.1) is 0 Å². The van der Waals surface area contributed by atoms with Gasteiger partial charge in [0, 0.05) is 5.92 Å². The van der Waals surface area contributed by atoms with Crippen LogP contribution in [0.2, 0.25) is 0 Å². The summed E-state index contributed by atoms with van der Waals surface area (Å²) in [6, 6.07) is 65.9. The van der Waals surface area contributed by atoms with Crippen molar-refractivity contribution >= 4 is 64.6 Å². The van der Waals surface area contributed by atoms with Crippen LogP contribution in [0.25, 0.3) is 11.1 Å². The Kier molecular flexibility index (Phi) is 21.4. The zero-order chi connectivity index (χ0) is 65.0. The van der Waals surface area contributed by atoms with Crippen molar-refractivity contribution in [3.05, 3.63) is 269 Å². The highest BCUT2D eigenvalue weighted by Crippen LogP contribution is 2.45. The highest BCUT2D eigenvalue weighted by molar-refractivity contribution is 6.76. The molecular formula is C73H65Cl3N2O16. The molecule has 8 aromatic rings. The van der Waals surface area contributed by atoms with Crippen LogP contribution in [0.4, 0.5) is 4.79 Å². The van der Waals surface area contributed by atoms with Crippen molar-refractivity contribution in [2.75, 3.05) is 26.4 Å². The highest BCUT2D eigenvalue weighted by atomic mass is 35.6. The number of esters is 1. The first-order chi connectivity index (χ1) is 45.8. The molecule has 8 aromatic carbocycles. The van der Waals surface area contributed by atoms with Gasteiger partial charge < -0.3 is 56.8 Å². The minimum Gasteiger partial charge on any atom is -0.482 e. The topological polar surface area (TPSA) is 206 Å². The van der Waals surface area contributed by atoms with E-state index < -0.39 is 108 Å². The number of amides is 2. The van der Waals surface area contributed by atoms with Crippen LogP contribution >= 0.6 is 34.8 Å². The molecule has 0 aromatic heterocycles. The van der Waals surface area contributed by atoms with Gasteiger partial charge in [0.15, 0.2) is 19.0 Å². The standard InChI is InChI=1S/C73H65Cl3N2O16/c74-73(75,76)71(77)94-69-61(78-67(80)55-36-20-21-37-56(55)68(78)81)64(86-40-48-26-10-3-11-27-48)63(58(90-69)43-83-38-46-22-6-1-7-23-46)93-70-66(87-41-49-28-12-4-13-29-49)65(92-60(79)45-84-50-30-14-5-15-31-50)62(85-39-47-24-8-2-9-25-47)59(91-70)44-89-72(82)88-42-57-53-34-18-16-32-51(53)52-33-17-19-35-54(52)57/h1-37,57-59,61-66,69-70,77H,38-45H2/t58-,59-,61-,62-,63-,64-,65+,66+,69?,70+/m1/s1. The van der Waals surface area contributed by atoms with Crippen LogP contribution in [0.5, 0.6) is 5.75 Å². The predicted molar refractivity (Wildman–Crippen MR) is 346 cm³/mol. The average molecular weight is 1330 g/mol. The fourth-order valence-electron chi connectivity index (χ4n) is 12.0. The molecule has 0 radical (unpaired) electrons. The summed E-state index contributed by atoms with van der Waals surface area (Å²) in [5.41, 5.74) is 7.00. The summed E-state index contributed by atoms with van der Waals surface area (Å²) < 4.78 is 77.0. The van der Waals surface area contributed by atoms with Gasteiger partial charge in [-0.05, 0) is 68.8 Å². The van der Waals surface area contributed by atoms with E-state index in [1.54, 1.807) is 42.5 Å². The van der Waals surface area contributed by atoms with Crippen molar-refractivity contribution in [3.8, 4) is 16.9 Å². The summed E-state index contributed by atoms with van der Waals surface area (Å²) in [5.74, 6) is -3.22. The number of rotatable bonds is 25. The molecule has 10 atom stereocenters. The van der Waals surface area contributed by atoms with E-state index in [1.165, 1.54) is 12.1 Å². The van der Waals surface area contributed by atoms with Crippen molar-refractivity contribution in [1.29, 1.82) is 5.41 Å². The lowest BCUT2D eigenvalue weighted by molar-refractivity contribution is -0.360. The van der Waals surface area contributed by atoms with Crippen LogP contribution in [0.1, 0.15) is 60.0 Å². The van der Waals surface area contributed by atoms with E-state index in [0.29, 0.717) is 16.9 Å². The second kappa shape index (κ2) is 30.7. The lowest BCUT2D eigenvalue weighted by Crippen LogP contribution is -2.69. The molecule has 3 heterocycles. The molecule has 21 heteroatoms. The van der Waals surface area contributed by atoms with Gasteiger partial charge in [-0.3, -0.25) is 19.9 Å². The molecule has 1 N–H and O–H groups in total. The first-order valence-electron chi connectivity index (χ1n) is 30.5. The van der Waals surface area contributed by atoms with Crippen LogP contribution < -0.4 is 4.74 Å². The molecule has 0 bridgehead atoms. The van der Waals surface area contributed by atoms with Crippen molar-refractivity contribution < 1.29 is 76.0 Å². The van der Waals surface area contributed by atoms with Gasteiger partial charge >= 0.3 is 12.1 Å². The molecule has 18 nitrogen and oxygen atoms in total. The third-order valence-electron chi connectivity index (χ3n) is 16.4. The van der Waals surface area contributed by atoms with Gasteiger partial charge in [0.1, 0.15) is 61.6 Å². The molecule has 2 fully saturated rings. The van der Waals surface area contributed by atoms with Gasteiger partial charge in [-0.25, -0.2) is 9.59 Å². The molecule has 2 saturated heterocycles. The van der Waals surface area contributed by atoms with Crippen molar-refractivity contribution in [2.45, 2.75) is 97.5 Å². The second-order valence-electron chi connectivity index (χ2n) is 22.6. The number of benzene rings is 8. The number of alkyl halides is 3. The van der Waals surface area contributed by atoms with Crippen molar-refractivity contribution in [1.82, 2.24) is 4.90 Å². The van der Waals surface area contributed by atoms with Gasteiger partial charge in [-0.1, -0.05) is 235 Å². The normalized spacial score (nSPS) is 22.4. The van der Waals surface area contributed by atoms with E-state index in [4.69, 9.17) is 97.1 Å². The van der Waals surface area contributed by atoms with E-state index in [-0.39, 0.29) is 56.7 Å². The molecule has 2 amide bonds. The molecule has 4 aliphatic rings. The van der Waals surface area contributed by atoms with E-state index in [1.807, 2.05) is 170 Å². The Hall–Kier alpha value is -8.50. The monoisotopic (exact) mass is 1330 g/mol. The SMILES string of the molecule is N=C(OC1O[C@H](COCc2ccccc2)[C@@H](O[C@@H]2O[C@H](COC(=O)OCC3c4ccccc4-c4ccccc43)[C@@H](OCc3ccccc3)[C@H](OC(=O)COc3ccccc3)[C@@H]2OCc2ccccc2)[C@H](OCc2ccccc2)[C@H]1N1C(=O)c2ccccc2C1=O)C(Cl)(Cl)Cl. The van der Waals surface area contributed by atoms with E-state index in [0.717, 1.165) is 38.3 Å². The quantitative estimate of drug-likeness (QED) is 0.0186. The van der Waals surface area contributed by atoms with Crippen molar-refractivity contribution in [3.63, 3.8) is 0 Å². The number of halogens is 3. The van der Waals surface area contributed by atoms with E-state index in [2.05, 4.69) is 0 Å². The fraction of sp³-hybridized carbons (Fsp3) is 0.274. The van der Waals surface area contributed by atoms with E-state index in [9.17, 15) is 19.2 Å². The van der Waals surface area contributed by atoms with Crippen molar-refractivity contribution in [2.24, 2.45) is 0 Å². The Labute approximate surface area is 557 Å². The summed E-state index contributed by atoms with van der Waals surface area (Å²) >= 11 is 19.0. The smallest absolute Gasteiger partial charge is 0.482 e. The number of hydrogen-bond acceptors (Lipinski definition) is 17. The number of carbonyl (C=O) groups is 4. The van der Waals surface area contributed by atoms with Crippen LogP contribution in [-0.2, 0) is 83.3 Å². The maximum Gasteiger partial charge on any atom is 0.508 e. The van der Waals surface area contributed by atoms with Gasteiger partial charge in [0.25, 0.3) is 15.6 Å². The average Bonchev–Trinajstić information content (AvgIpc) is 1.43. The molecule has 3 aliphatic heterocycles. The first kappa shape index (κ1) is 65.6. The van der Waals surface area contributed by atoms with Crippen LogP contribution in [0.15, 0.2) is 224 Å². The molecule has 1 unspecified atom stereocenters. The van der Waals surface area contributed by atoms with E-state index >= 15 is 0 Å². The number of ether oxygens (including phenoxy) is 12. The number of imide groups is 1. The van der Waals surface area contributed by atoms with Gasteiger partial charge in [0.2, 0.25) is 12.2 Å². The van der Waals surface area contributed by atoms with Gasteiger partial charge in [-0.2, -0.15) is 0 Å². The number of fused-ring (bicyclic) bond motifs is 4. The summed E-state index contributed by atoms with van der Waals surface area (Å²) in [6.07, 6.45) is -14.7. The highest BCUT2D eigenvalue weighted by Gasteiger charge is 2.59. The predicted octanol–water partition coefficient (Wildman–Crippen LogP) is 12.8. The Morgan fingerprint density at radius 3 is 1.43 bits per heavy atom.